The summed E-state index contributed by atoms with van der Waals surface area (Å²) >= 11 is 0. The first-order valence-electron chi connectivity index (χ1n) is 21.0. The van der Waals surface area contributed by atoms with Gasteiger partial charge in [0.25, 0.3) is 0 Å². The summed E-state index contributed by atoms with van der Waals surface area (Å²) in [5.74, 6) is -0.526. The van der Waals surface area contributed by atoms with Crippen molar-refractivity contribution in [3.8, 4) is 0 Å². The van der Waals surface area contributed by atoms with Gasteiger partial charge in [-0.2, -0.15) is 8.42 Å². The third kappa shape index (κ3) is 28.2. The topological polar surface area (TPSA) is 178 Å². The highest BCUT2D eigenvalue weighted by molar-refractivity contribution is 7.80. The zero-order valence-corrected chi connectivity index (χ0v) is 35.0. The Morgan fingerprint density at radius 1 is 0.679 bits per heavy atom. The number of aliphatic hydroxyl groups is 3. The van der Waals surface area contributed by atoms with Gasteiger partial charge in [-0.15, -0.1) is 0 Å². The molecule has 1 aliphatic heterocycles. The van der Waals surface area contributed by atoms with E-state index in [9.17, 15) is 28.5 Å². The van der Waals surface area contributed by atoms with Crippen LogP contribution in [0.1, 0.15) is 142 Å². The van der Waals surface area contributed by atoms with Gasteiger partial charge in [0.1, 0.15) is 30.5 Å². The van der Waals surface area contributed by atoms with Crippen molar-refractivity contribution in [1.29, 1.82) is 0 Å². The van der Waals surface area contributed by atoms with E-state index in [0.717, 1.165) is 44.9 Å². The van der Waals surface area contributed by atoms with Crippen molar-refractivity contribution in [3.63, 3.8) is 0 Å². The Labute approximate surface area is 338 Å². The Hall–Kier alpha value is -2.20. The molecule has 1 heterocycles. The first kappa shape index (κ1) is 51.8. The molecular weight excluding hydrogens is 741 g/mol. The molecule has 1 aliphatic rings. The first-order valence-corrected chi connectivity index (χ1v) is 22.4. The van der Waals surface area contributed by atoms with Crippen LogP contribution in [0.15, 0.2) is 60.8 Å². The molecular formula is C43H74O12S. The maximum atomic E-state index is 12.7. The smallest absolute Gasteiger partial charge is 0.397 e. The first-order chi connectivity index (χ1) is 27.1. The zero-order chi connectivity index (χ0) is 41.1. The number of carbonyl (C=O) groups is 1. The van der Waals surface area contributed by atoms with Crippen molar-refractivity contribution in [2.24, 2.45) is 0 Å². The van der Waals surface area contributed by atoms with Gasteiger partial charge in [-0.05, 0) is 38.5 Å². The molecule has 0 aromatic heterocycles. The Kier molecular flexibility index (Phi) is 32.2. The number of hydrogen-bond donors (Lipinski definition) is 4. The fourth-order valence-corrected chi connectivity index (χ4v) is 6.55. The molecule has 6 unspecified atom stereocenters. The molecule has 1 saturated heterocycles. The van der Waals surface area contributed by atoms with Gasteiger partial charge >= 0.3 is 16.4 Å². The molecule has 6 atom stereocenters. The van der Waals surface area contributed by atoms with Crippen molar-refractivity contribution in [2.75, 3.05) is 26.4 Å². The lowest BCUT2D eigenvalue weighted by Crippen LogP contribution is -2.60. The minimum atomic E-state index is -5.07. The monoisotopic (exact) mass is 814 g/mol. The number of allylic oxidation sites excluding steroid dienone is 9. The average molecular weight is 815 g/mol. The van der Waals surface area contributed by atoms with Gasteiger partial charge in [-0.3, -0.25) is 9.35 Å². The van der Waals surface area contributed by atoms with Crippen LogP contribution in [-0.2, 0) is 38.3 Å². The maximum absolute atomic E-state index is 12.7. The lowest BCUT2D eigenvalue weighted by atomic mass is 9.99. The average Bonchev–Trinajstić information content (AvgIpc) is 3.17. The number of aliphatic hydroxyl groups excluding tert-OH is 3. The second-order valence-electron chi connectivity index (χ2n) is 14.2. The second-order valence-corrected chi connectivity index (χ2v) is 15.3. The molecule has 0 aromatic carbocycles. The van der Waals surface area contributed by atoms with Crippen LogP contribution >= 0.6 is 0 Å². The third-order valence-electron chi connectivity index (χ3n) is 9.19. The van der Waals surface area contributed by atoms with Gasteiger partial charge in [-0.25, -0.2) is 4.18 Å². The normalized spacial score (nSPS) is 21.4. The summed E-state index contributed by atoms with van der Waals surface area (Å²) in [5, 5.41) is 30.6. The van der Waals surface area contributed by atoms with E-state index in [1.807, 2.05) is 12.2 Å². The van der Waals surface area contributed by atoms with Crippen molar-refractivity contribution in [3.05, 3.63) is 60.8 Å². The molecule has 0 saturated carbocycles. The largest absolute Gasteiger partial charge is 0.457 e. The summed E-state index contributed by atoms with van der Waals surface area (Å²) < 4.78 is 58.8. The number of unbranched alkanes of at least 4 members (excludes halogenated alkanes) is 13. The molecule has 1 rings (SSSR count). The summed E-state index contributed by atoms with van der Waals surface area (Å²) in [6.07, 6.45) is 32.9. The van der Waals surface area contributed by atoms with Gasteiger partial charge in [0, 0.05) is 6.61 Å². The van der Waals surface area contributed by atoms with Crippen molar-refractivity contribution < 1.29 is 56.2 Å². The second kappa shape index (κ2) is 34.8. The van der Waals surface area contributed by atoms with E-state index in [-0.39, 0.29) is 19.6 Å². The highest BCUT2D eigenvalue weighted by atomic mass is 32.3. The molecule has 0 amide bonds. The van der Waals surface area contributed by atoms with Crippen LogP contribution in [0, 0.1) is 0 Å². The van der Waals surface area contributed by atoms with Crippen LogP contribution in [0.5, 0.6) is 0 Å². The maximum Gasteiger partial charge on any atom is 0.397 e. The SMILES string of the molecule is CC/C=C\C/C=C\C/C=C\C/C=C\C/C=C\CC(=O)OC(COCCCCCCCCCCCCCCCC)COC1OC(CO)C(O)C(OS(=O)(=O)O)C1O. The van der Waals surface area contributed by atoms with E-state index in [1.165, 1.54) is 70.6 Å². The third-order valence-corrected chi connectivity index (χ3v) is 9.65. The number of hydrogen-bond acceptors (Lipinski definition) is 11. The van der Waals surface area contributed by atoms with E-state index in [4.69, 9.17) is 23.5 Å². The predicted octanol–water partition coefficient (Wildman–Crippen LogP) is 8.18. The van der Waals surface area contributed by atoms with Crippen molar-refractivity contribution in [1.82, 2.24) is 0 Å². The molecule has 0 bridgehead atoms. The molecule has 324 valence electrons. The van der Waals surface area contributed by atoms with Crippen LogP contribution < -0.4 is 0 Å². The Morgan fingerprint density at radius 2 is 1.16 bits per heavy atom. The van der Waals surface area contributed by atoms with E-state index in [2.05, 4.69) is 60.6 Å². The van der Waals surface area contributed by atoms with Crippen LogP contribution in [0.4, 0.5) is 0 Å². The highest BCUT2D eigenvalue weighted by Gasteiger charge is 2.48. The predicted molar refractivity (Wildman–Crippen MR) is 220 cm³/mol. The minimum absolute atomic E-state index is 0.00430. The molecule has 56 heavy (non-hydrogen) atoms. The number of rotatable bonds is 35. The van der Waals surface area contributed by atoms with Crippen molar-refractivity contribution in [2.45, 2.75) is 179 Å². The summed E-state index contributed by atoms with van der Waals surface area (Å²) in [7, 11) is -5.07. The minimum Gasteiger partial charge on any atom is -0.457 e. The van der Waals surface area contributed by atoms with Gasteiger partial charge in [0.2, 0.25) is 0 Å². The molecule has 4 N–H and O–H groups in total. The Balaban J connectivity index is 2.54. The fourth-order valence-electron chi connectivity index (χ4n) is 6.04. The van der Waals surface area contributed by atoms with E-state index in [0.29, 0.717) is 13.0 Å². The van der Waals surface area contributed by atoms with E-state index >= 15 is 0 Å². The Morgan fingerprint density at radius 3 is 1.64 bits per heavy atom. The Bertz CT molecular complexity index is 1220. The molecule has 1 fully saturated rings. The van der Waals surface area contributed by atoms with Crippen LogP contribution in [0.2, 0.25) is 0 Å². The molecule has 0 radical (unpaired) electrons. The summed E-state index contributed by atoms with van der Waals surface area (Å²) in [5.41, 5.74) is 0. The number of esters is 1. The van der Waals surface area contributed by atoms with Gasteiger partial charge in [-0.1, -0.05) is 158 Å². The van der Waals surface area contributed by atoms with E-state index < -0.39 is 59.8 Å². The summed E-state index contributed by atoms with van der Waals surface area (Å²) in [6, 6.07) is 0. The van der Waals surface area contributed by atoms with Crippen LogP contribution in [0.3, 0.4) is 0 Å². The molecule has 13 heteroatoms. The molecule has 0 spiro atoms. The summed E-state index contributed by atoms with van der Waals surface area (Å²) in [4.78, 5) is 12.7. The molecule has 12 nitrogen and oxygen atoms in total. The number of ether oxygens (including phenoxy) is 4. The fraction of sp³-hybridized carbons (Fsp3) is 0.744. The standard InChI is InChI=1S/C43H74O12S/c1-3-5-7-9-11-13-15-17-19-20-22-24-26-28-30-32-39(45)53-37(35-51-33-31-29-27-25-23-21-18-16-14-12-10-8-6-4-2)36-52-43-41(47)42(55-56(48,49)50)40(46)38(34-44)54-43/h5,7,11,13,17,19,22,24,28,30,37-38,40-44,46-47H,3-4,6,8-10,12,14-16,18,20-21,23,25-27,29,31-36H2,1-2H3,(H,48,49,50)/b7-5-,13-11-,19-17-,24-22-,30-28-. The summed E-state index contributed by atoms with van der Waals surface area (Å²) in [6.45, 7) is 3.74. The van der Waals surface area contributed by atoms with Gasteiger partial charge in [0.05, 0.1) is 26.2 Å². The molecule has 0 aliphatic carbocycles. The van der Waals surface area contributed by atoms with Crippen LogP contribution in [-0.4, -0.2) is 97.5 Å². The highest BCUT2D eigenvalue weighted by Crippen LogP contribution is 2.26. The van der Waals surface area contributed by atoms with Gasteiger partial charge in [0.15, 0.2) is 6.29 Å². The zero-order valence-electron chi connectivity index (χ0n) is 34.2. The quantitative estimate of drug-likeness (QED) is 0.0209. The number of carbonyl (C=O) groups excluding carboxylic acids is 1. The van der Waals surface area contributed by atoms with E-state index in [1.54, 1.807) is 6.08 Å². The van der Waals surface area contributed by atoms with Gasteiger partial charge < -0.3 is 34.3 Å². The lowest BCUT2D eigenvalue weighted by Gasteiger charge is -2.41. The van der Waals surface area contributed by atoms with Crippen molar-refractivity contribution >= 4 is 16.4 Å². The molecule has 0 aromatic rings. The lowest BCUT2D eigenvalue weighted by molar-refractivity contribution is -0.301. The van der Waals surface area contributed by atoms with Crippen LogP contribution in [0.25, 0.3) is 0 Å².